The van der Waals surface area contributed by atoms with Gasteiger partial charge in [0.1, 0.15) is 0 Å². The van der Waals surface area contributed by atoms with E-state index in [9.17, 15) is 4.79 Å². The lowest BCUT2D eigenvalue weighted by Crippen LogP contribution is -2.53. The van der Waals surface area contributed by atoms with Gasteiger partial charge >= 0.3 is 6.09 Å². The van der Waals surface area contributed by atoms with Gasteiger partial charge in [0.2, 0.25) is 0 Å². The highest BCUT2D eigenvalue weighted by molar-refractivity contribution is 5.68. The number of hydrogen-bond acceptors (Lipinski definition) is 1. The molecule has 2 unspecified atom stereocenters. The van der Waals surface area contributed by atoms with Gasteiger partial charge in [-0.3, -0.25) is 4.90 Å². The third-order valence-corrected chi connectivity index (χ3v) is 3.65. The summed E-state index contributed by atoms with van der Waals surface area (Å²) < 4.78 is 0. The van der Waals surface area contributed by atoms with Crippen molar-refractivity contribution in [2.45, 2.75) is 32.7 Å². The predicted molar refractivity (Wildman–Crippen MR) is 54.2 cm³/mol. The highest BCUT2D eigenvalue weighted by atomic mass is 16.4. The molecule has 0 aromatic carbocycles. The molecule has 3 nitrogen and oxygen atoms in total. The first-order valence-corrected chi connectivity index (χ1v) is 5.07. The molecule has 2 rings (SSSR count). The Labute approximate surface area is 84.4 Å². The SMILES string of the molecule is CC(C)(C)C12C=CC(CN1C(=O)O)C2. The average Bonchev–Trinajstić information content (AvgIpc) is 2.58. The van der Waals surface area contributed by atoms with Crippen LogP contribution in [0.3, 0.4) is 0 Å². The normalized spacial score (nSPS) is 35.4. The molecule has 1 aliphatic carbocycles. The van der Waals surface area contributed by atoms with Crippen molar-refractivity contribution in [2.24, 2.45) is 11.3 Å². The number of likely N-dealkylation sites (tertiary alicyclic amines) is 1. The zero-order chi connectivity index (χ0) is 10.6. The fraction of sp³-hybridized carbons (Fsp3) is 0.727. The molecule has 3 heteroatoms. The summed E-state index contributed by atoms with van der Waals surface area (Å²) in [5, 5.41) is 9.16. The van der Waals surface area contributed by atoms with Crippen LogP contribution in [0, 0.1) is 11.3 Å². The monoisotopic (exact) mass is 195 g/mol. The van der Waals surface area contributed by atoms with Gasteiger partial charge in [0, 0.05) is 6.54 Å². The van der Waals surface area contributed by atoms with Crippen LogP contribution in [-0.4, -0.2) is 28.2 Å². The highest BCUT2D eigenvalue weighted by Crippen LogP contribution is 2.51. The van der Waals surface area contributed by atoms with E-state index in [0.717, 1.165) is 6.42 Å². The van der Waals surface area contributed by atoms with Crippen molar-refractivity contribution in [3.8, 4) is 0 Å². The van der Waals surface area contributed by atoms with Gasteiger partial charge in [-0.2, -0.15) is 0 Å². The Balaban J connectivity index is 2.41. The summed E-state index contributed by atoms with van der Waals surface area (Å²) in [7, 11) is 0. The third-order valence-electron chi connectivity index (χ3n) is 3.65. The van der Waals surface area contributed by atoms with Crippen molar-refractivity contribution in [1.82, 2.24) is 4.90 Å². The van der Waals surface area contributed by atoms with E-state index in [-0.39, 0.29) is 11.0 Å². The van der Waals surface area contributed by atoms with Gasteiger partial charge in [-0.25, -0.2) is 4.79 Å². The Morgan fingerprint density at radius 2 is 2.21 bits per heavy atom. The molecule has 1 amide bonds. The van der Waals surface area contributed by atoms with Gasteiger partial charge in [0.15, 0.2) is 0 Å². The Kier molecular flexibility index (Phi) is 1.72. The molecule has 2 bridgehead atoms. The summed E-state index contributed by atoms with van der Waals surface area (Å²) in [6, 6.07) is 0. The zero-order valence-electron chi connectivity index (χ0n) is 8.95. The molecule has 1 heterocycles. The van der Waals surface area contributed by atoms with Gasteiger partial charge in [0.25, 0.3) is 0 Å². The number of rotatable bonds is 0. The molecule has 2 atom stereocenters. The maximum atomic E-state index is 11.1. The minimum absolute atomic E-state index is 0.0207. The van der Waals surface area contributed by atoms with Crippen LogP contribution in [0.1, 0.15) is 27.2 Å². The summed E-state index contributed by atoms with van der Waals surface area (Å²) in [5.41, 5.74) is -0.281. The number of hydrogen-bond donors (Lipinski definition) is 1. The van der Waals surface area contributed by atoms with Crippen LogP contribution in [0.2, 0.25) is 0 Å². The average molecular weight is 195 g/mol. The van der Waals surface area contributed by atoms with E-state index in [4.69, 9.17) is 5.11 Å². The molecule has 1 saturated heterocycles. The number of amides is 1. The second-order valence-corrected chi connectivity index (χ2v) is 5.39. The van der Waals surface area contributed by atoms with Crippen molar-refractivity contribution >= 4 is 6.09 Å². The van der Waals surface area contributed by atoms with Gasteiger partial charge in [-0.1, -0.05) is 32.9 Å². The van der Waals surface area contributed by atoms with E-state index in [2.05, 4.69) is 32.9 Å². The fourth-order valence-electron chi connectivity index (χ4n) is 2.76. The molecule has 0 aromatic heterocycles. The van der Waals surface area contributed by atoms with Gasteiger partial charge in [-0.05, 0) is 17.8 Å². The van der Waals surface area contributed by atoms with E-state index in [1.807, 2.05) is 0 Å². The topological polar surface area (TPSA) is 40.5 Å². The second kappa shape index (κ2) is 2.53. The van der Waals surface area contributed by atoms with Crippen molar-refractivity contribution < 1.29 is 9.90 Å². The lowest BCUT2D eigenvalue weighted by Gasteiger charge is -2.44. The van der Waals surface area contributed by atoms with E-state index in [0.29, 0.717) is 12.5 Å². The van der Waals surface area contributed by atoms with E-state index >= 15 is 0 Å². The number of fused-ring (bicyclic) bond motifs is 2. The van der Waals surface area contributed by atoms with Crippen molar-refractivity contribution in [3.63, 3.8) is 0 Å². The first-order chi connectivity index (χ1) is 6.37. The van der Waals surface area contributed by atoms with E-state index in [1.54, 1.807) is 4.90 Å². The first-order valence-electron chi connectivity index (χ1n) is 5.07. The quantitative estimate of drug-likeness (QED) is 0.603. The smallest absolute Gasteiger partial charge is 0.408 e. The Morgan fingerprint density at radius 1 is 1.57 bits per heavy atom. The summed E-state index contributed by atoms with van der Waals surface area (Å²) in [6.07, 6.45) is 4.44. The molecule has 0 radical (unpaired) electrons. The maximum absolute atomic E-state index is 11.1. The second-order valence-electron chi connectivity index (χ2n) is 5.39. The van der Waals surface area contributed by atoms with Crippen LogP contribution in [-0.2, 0) is 0 Å². The molecule has 14 heavy (non-hydrogen) atoms. The van der Waals surface area contributed by atoms with Gasteiger partial charge in [0.05, 0.1) is 5.54 Å². The molecule has 0 aromatic rings. The van der Waals surface area contributed by atoms with Crippen LogP contribution < -0.4 is 0 Å². The van der Waals surface area contributed by atoms with Crippen LogP contribution >= 0.6 is 0 Å². The van der Waals surface area contributed by atoms with E-state index < -0.39 is 6.09 Å². The summed E-state index contributed by atoms with van der Waals surface area (Å²) in [6.45, 7) is 7.01. The fourth-order valence-corrected chi connectivity index (χ4v) is 2.76. The number of carbonyl (C=O) groups is 1. The Bertz CT molecular complexity index is 303. The summed E-state index contributed by atoms with van der Waals surface area (Å²) >= 11 is 0. The third kappa shape index (κ3) is 1.01. The summed E-state index contributed by atoms with van der Waals surface area (Å²) in [4.78, 5) is 12.7. The largest absolute Gasteiger partial charge is 0.465 e. The van der Waals surface area contributed by atoms with E-state index in [1.165, 1.54) is 0 Å². The number of carboxylic acid groups (broad SMARTS) is 1. The van der Waals surface area contributed by atoms with Crippen molar-refractivity contribution in [1.29, 1.82) is 0 Å². The Hall–Kier alpha value is -0.990. The molecular weight excluding hydrogens is 178 g/mol. The Morgan fingerprint density at radius 3 is 2.57 bits per heavy atom. The molecule has 1 aliphatic heterocycles. The molecule has 78 valence electrons. The molecule has 0 saturated carbocycles. The lowest BCUT2D eigenvalue weighted by molar-refractivity contribution is 0.0639. The molecular formula is C11H17NO2. The van der Waals surface area contributed by atoms with Crippen LogP contribution in [0.25, 0.3) is 0 Å². The first kappa shape index (κ1) is 9.56. The molecule has 0 spiro atoms. The zero-order valence-corrected chi connectivity index (χ0v) is 8.95. The predicted octanol–water partition coefficient (Wildman–Crippen LogP) is 2.34. The van der Waals surface area contributed by atoms with Crippen molar-refractivity contribution in [3.05, 3.63) is 12.2 Å². The maximum Gasteiger partial charge on any atom is 0.408 e. The molecule has 2 aliphatic rings. The molecule has 1 fully saturated rings. The van der Waals surface area contributed by atoms with Gasteiger partial charge < -0.3 is 5.11 Å². The van der Waals surface area contributed by atoms with Crippen LogP contribution in [0.15, 0.2) is 12.2 Å². The highest BCUT2D eigenvalue weighted by Gasteiger charge is 2.55. The van der Waals surface area contributed by atoms with Crippen LogP contribution in [0.5, 0.6) is 0 Å². The minimum Gasteiger partial charge on any atom is -0.465 e. The lowest BCUT2D eigenvalue weighted by atomic mass is 9.73. The summed E-state index contributed by atoms with van der Waals surface area (Å²) in [5.74, 6) is 0.435. The standard InChI is InChI=1S/C11H17NO2/c1-10(2,3)11-5-4-8(6-11)7-12(11)9(13)14/h4-5,8H,6-7H2,1-3H3,(H,13,14). The van der Waals surface area contributed by atoms with Crippen LogP contribution in [0.4, 0.5) is 4.79 Å². The molecule has 1 N–H and O–H groups in total. The number of nitrogens with zero attached hydrogens (tertiary/aromatic N) is 1. The minimum atomic E-state index is -0.785. The van der Waals surface area contributed by atoms with Crippen molar-refractivity contribution in [2.75, 3.05) is 6.54 Å². The van der Waals surface area contributed by atoms with Gasteiger partial charge in [-0.15, -0.1) is 0 Å².